The van der Waals surface area contributed by atoms with Crippen LogP contribution in [-0.4, -0.2) is 51.9 Å². The second-order valence-electron chi connectivity index (χ2n) is 7.47. The molecule has 1 atom stereocenters. The van der Waals surface area contributed by atoms with Gasteiger partial charge in [0, 0.05) is 40.5 Å². The van der Waals surface area contributed by atoms with Crippen LogP contribution >= 0.6 is 57.6 Å². The summed E-state index contributed by atoms with van der Waals surface area (Å²) in [6, 6.07) is 9.61. The molecule has 5 rings (SSSR count). The van der Waals surface area contributed by atoms with Gasteiger partial charge in [0.1, 0.15) is 4.88 Å². The second kappa shape index (κ2) is 11.5. The number of aromatic nitrogens is 3. The number of alkyl halides is 1. The van der Waals surface area contributed by atoms with Gasteiger partial charge in [-0.05, 0) is 24.6 Å². The van der Waals surface area contributed by atoms with Crippen molar-refractivity contribution in [1.82, 2.24) is 20.1 Å². The summed E-state index contributed by atoms with van der Waals surface area (Å²) in [6.07, 6.45) is 7.33. The van der Waals surface area contributed by atoms with E-state index in [1.165, 1.54) is 39.3 Å². The molecule has 7 nitrogen and oxygen atoms in total. The maximum atomic E-state index is 12.7. The lowest BCUT2D eigenvalue weighted by atomic mass is 10.1. The van der Waals surface area contributed by atoms with E-state index in [-0.39, 0.29) is 11.3 Å². The van der Waals surface area contributed by atoms with Crippen LogP contribution < -0.4 is 15.9 Å². The Balaban J connectivity index is 0.000000527. The lowest BCUT2D eigenvalue weighted by Crippen LogP contribution is -2.33. The zero-order chi connectivity index (χ0) is 24.9. The smallest absolute Gasteiger partial charge is 0.269 e. The molecule has 12 heteroatoms. The van der Waals surface area contributed by atoms with E-state index in [1.54, 1.807) is 20.3 Å². The Hall–Kier alpha value is -2.50. The van der Waals surface area contributed by atoms with Gasteiger partial charge >= 0.3 is 0 Å². The molecular weight excluding hydrogens is 545 g/mol. The third-order valence-electron chi connectivity index (χ3n) is 4.64. The van der Waals surface area contributed by atoms with Crippen molar-refractivity contribution in [2.24, 2.45) is 0 Å². The van der Waals surface area contributed by atoms with Crippen LogP contribution in [0.5, 0.6) is 0 Å². The number of carbonyl (C=O) groups excluding carboxylic acids is 2. The number of pyridine rings is 1. The normalized spacial score (nSPS) is 14.1. The molecule has 0 saturated carbocycles. The first kappa shape index (κ1) is 25.6. The summed E-state index contributed by atoms with van der Waals surface area (Å²) in [5, 5.41) is 14.8. The molecule has 2 amide bonds. The highest BCUT2D eigenvalue weighted by atomic mass is 35.5. The molecule has 0 fully saturated rings. The van der Waals surface area contributed by atoms with E-state index in [4.69, 9.17) is 23.2 Å². The van der Waals surface area contributed by atoms with Crippen molar-refractivity contribution >= 4 is 97.3 Å². The fourth-order valence-electron chi connectivity index (χ4n) is 3.08. The number of benzene rings is 1. The summed E-state index contributed by atoms with van der Waals surface area (Å²) in [6.45, 7) is 0. The predicted octanol–water partition coefficient (Wildman–Crippen LogP) is 4.48. The zero-order valence-electron chi connectivity index (χ0n) is 18.6. The highest BCUT2D eigenvalue weighted by Crippen LogP contribution is 2.36. The highest BCUT2D eigenvalue weighted by Gasteiger charge is 2.19. The summed E-state index contributed by atoms with van der Waals surface area (Å²) in [5.41, 5.74) is 0. The number of hydrogen-bond acceptors (Lipinski definition) is 8. The van der Waals surface area contributed by atoms with Crippen LogP contribution in [0, 0.1) is 0 Å². The Kier molecular flexibility index (Phi) is 8.40. The van der Waals surface area contributed by atoms with Gasteiger partial charge in [0.25, 0.3) is 5.91 Å². The molecule has 180 valence electrons. The average Bonchev–Trinajstić information content (AvgIpc) is 3.43. The molecule has 4 aromatic rings. The number of rotatable bonds is 5. The molecule has 1 N–H and O–H groups in total. The molecule has 1 aliphatic rings. The maximum Gasteiger partial charge on any atom is 0.269 e. The third-order valence-corrected chi connectivity index (χ3v) is 8.59. The average molecular weight is 565 g/mol. The second-order valence-corrected chi connectivity index (χ2v) is 11.7. The van der Waals surface area contributed by atoms with E-state index in [0.717, 1.165) is 42.7 Å². The summed E-state index contributed by atoms with van der Waals surface area (Å²) < 4.78 is 1.69. The Morgan fingerprint density at radius 1 is 1.23 bits per heavy atom. The van der Waals surface area contributed by atoms with Gasteiger partial charge in [-0.1, -0.05) is 59.0 Å². The number of halogens is 2. The standard InChI is InChI=1S/C20H12Cl2N4OS3.C3H7NO/c21-10-5-6-11-13(9-10)23-8-7-15(11)29-20-26-25-19(30-20)24-18(27)17-16(22)12-3-1-2-4-14(12)28-17;1-4(2)3-5/h1-4,6-10H,5H2,(H,24,25,27);3H,1-2H3. The maximum absolute atomic E-state index is 12.7. The van der Waals surface area contributed by atoms with Gasteiger partial charge in [0.15, 0.2) is 4.34 Å². The Morgan fingerprint density at radius 2 is 2.00 bits per heavy atom. The predicted molar refractivity (Wildman–Crippen MR) is 145 cm³/mol. The van der Waals surface area contributed by atoms with Crippen molar-refractivity contribution in [3.63, 3.8) is 0 Å². The topological polar surface area (TPSA) is 88.1 Å². The minimum absolute atomic E-state index is 0.0330. The van der Waals surface area contributed by atoms with Gasteiger partial charge in [0.2, 0.25) is 11.5 Å². The lowest BCUT2D eigenvalue weighted by molar-refractivity contribution is -0.115. The first-order chi connectivity index (χ1) is 16.9. The van der Waals surface area contributed by atoms with E-state index >= 15 is 0 Å². The number of hydrogen-bond donors (Lipinski definition) is 1. The molecular formula is C23H19Cl2N5O2S3. The van der Waals surface area contributed by atoms with Crippen molar-refractivity contribution in [2.45, 2.75) is 21.0 Å². The fraction of sp³-hybridized carbons (Fsp3) is 0.174. The SMILES string of the molecule is CN(C)C=O.O=C(Nc1nnc(Sc2ccnc3c2=CCC(Cl)C=3)s1)c1sc2ccccc2c1Cl. The number of amides is 2. The molecule has 1 unspecified atom stereocenters. The van der Waals surface area contributed by atoms with Crippen LogP contribution in [-0.2, 0) is 4.79 Å². The molecule has 0 aliphatic heterocycles. The van der Waals surface area contributed by atoms with Gasteiger partial charge in [-0.3, -0.25) is 19.9 Å². The minimum Gasteiger partial charge on any atom is -0.351 e. The molecule has 0 spiro atoms. The molecule has 3 heterocycles. The highest BCUT2D eigenvalue weighted by molar-refractivity contribution is 8.01. The van der Waals surface area contributed by atoms with Crippen molar-refractivity contribution in [3.8, 4) is 0 Å². The van der Waals surface area contributed by atoms with Crippen LogP contribution in [0.25, 0.3) is 22.2 Å². The molecule has 0 bridgehead atoms. The number of nitrogens with zero attached hydrogens (tertiary/aromatic N) is 4. The molecule has 0 saturated heterocycles. The fourth-order valence-corrected chi connectivity index (χ4v) is 6.54. The van der Waals surface area contributed by atoms with E-state index in [1.807, 2.05) is 36.4 Å². The van der Waals surface area contributed by atoms with Crippen molar-refractivity contribution in [2.75, 3.05) is 19.4 Å². The number of nitrogens with one attached hydrogen (secondary N) is 1. The summed E-state index contributed by atoms with van der Waals surface area (Å²) in [7, 11) is 3.38. The monoisotopic (exact) mass is 563 g/mol. The van der Waals surface area contributed by atoms with Crippen LogP contribution in [0.15, 0.2) is 45.8 Å². The van der Waals surface area contributed by atoms with E-state index in [2.05, 4.69) is 26.6 Å². The number of carbonyl (C=O) groups is 2. The van der Waals surface area contributed by atoms with Crippen LogP contribution in [0.4, 0.5) is 5.13 Å². The van der Waals surface area contributed by atoms with E-state index in [0.29, 0.717) is 15.0 Å². The van der Waals surface area contributed by atoms with Crippen molar-refractivity contribution in [3.05, 3.63) is 57.0 Å². The van der Waals surface area contributed by atoms with E-state index in [9.17, 15) is 9.59 Å². The Labute approximate surface area is 223 Å². The number of thiophene rings is 1. The molecule has 1 aromatic carbocycles. The van der Waals surface area contributed by atoms with Gasteiger partial charge in [0.05, 0.1) is 15.7 Å². The van der Waals surface area contributed by atoms with E-state index < -0.39 is 0 Å². The van der Waals surface area contributed by atoms with Gasteiger partial charge < -0.3 is 4.90 Å². The lowest BCUT2D eigenvalue weighted by Gasteiger charge is -2.07. The largest absolute Gasteiger partial charge is 0.351 e. The molecule has 1 aliphatic carbocycles. The Morgan fingerprint density at radius 3 is 2.74 bits per heavy atom. The first-order valence-corrected chi connectivity index (χ1v) is 13.5. The van der Waals surface area contributed by atoms with Crippen molar-refractivity contribution < 1.29 is 9.59 Å². The third kappa shape index (κ3) is 6.20. The van der Waals surface area contributed by atoms with Crippen LogP contribution in [0.2, 0.25) is 5.02 Å². The summed E-state index contributed by atoms with van der Waals surface area (Å²) in [5.74, 6) is -0.286. The summed E-state index contributed by atoms with van der Waals surface area (Å²) >= 11 is 16.8. The molecule has 3 aromatic heterocycles. The number of fused-ring (bicyclic) bond motifs is 2. The quantitative estimate of drug-likeness (QED) is 0.219. The minimum atomic E-state index is -0.286. The molecule has 0 radical (unpaired) electrons. The Bertz CT molecular complexity index is 1500. The van der Waals surface area contributed by atoms with Crippen LogP contribution in [0.1, 0.15) is 16.1 Å². The van der Waals surface area contributed by atoms with Gasteiger partial charge in [-0.25, -0.2) is 0 Å². The first-order valence-electron chi connectivity index (χ1n) is 10.3. The van der Waals surface area contributed by atoms with Gasteiger partial charge in [-0.2, -0.15) is 0 Å². The van der Waals surface area contributed by atoms with Crippen molar-refractivity contribution in [1.29, 1.82) is 0 Å². The van der Waals surface area contributed by atoms with Gasteiger partial charge in [-0.15, -0.1) is 33.1 Å². The van der Waals surface area contributed by atoms with Crippen LogP contribution in [0.3, 0.4) is 0 Å². The zero-order valence-corrected chi connectivity index (χ0v) is 22.5. The summed E-state index contributed by atoms with van der Waals surface area (Å²) in [4.78, 5) is 29.5. The molecule has 35 heavy (non-hydrogen) atoms. The number of anilines is 1.